The Morgan fingerprint density at radius 3 is 2.44 bits per heavy atom. The van der Waals surface area contributed by atoms with E-state index in [9.17, 15) is 4.79 Å². The van der Waals surface area contributed by atoms with Gasteiger partial charge >= 0.3 is 5.97 Å². The van der Waals surface area contributed by atoms with E-state index >= 15 is 0 Å². The Kier molecular flexibility index (Phi) is 6.15. The SMILES string of the molecule is CCc1ccc(CCN(C)C/C=C/C(=O)O)cc1. The summed E-state index contributed by atoms with van der Waals surface area (Å²) in [4.78, 5) is 12.4. The lowest BCUT2D eigenvalue weighted by atomic mass is 10.1. The fraction of sp³-hybridized carbons (Fsp3) is 0.400. The third kappa shape index (κ3) is 5.64. The zero-order chi connectivity index (χ0) is 13.4. The first-order chi connectivity index (χ1) is 8.61. The highest BCUT2D eigenvalue weighted by Crippen LogP contribution is 2.06. The Labute approximate surface area is 109 Å². The van der Waals surface area contributed by atoms with E-state index in [1.54, 1.807) is 6.08 Å². The molecule has 1 aromatic rings. The van der Waals surface area contributed by atoms with E-state index in [-0.39, 0.29) is 0 Å². The van der Waals surface area contributed by atoms with Gasteiger partial charge in [-0.05, 0) is 31.0 Å². The van der Waals surface area contributed by atoms with Gasteiger partial charge in [-0.2, -0.15) is 0 Å². The average molecular weight is 247 g/mol. The fourth-order valence-electron chi connectivity index (χ4n) is 1.69. The van der Waals surface area contributed by atoms with Crippen molar-refractivity contribution in [1.82, 2.24) is 4.90 Å². The monoisotopic (exact) mass is 247 g/mol. The molecule has 98 valence electrons. The van der Waals surface area contributed by atoms with Gasteiger partial charge in [0, 0.05) is 19.2 Å². The summed E-state index contributed by atoms with van der Waals surface area (Å²) in [6.07, 6.45) is 4.91. The Bertz CT molecular complexity index is 395. The van der Waals surface area contributed by atoms with Gasteiger partial charge in [0.2, 0.25) is 0 Å². The Hall–Kier alpha value is -1.61. The normalized spacial score (nSPS) is 11.3. The van der Waals surface area contributed by atoms with Crippen LogP contribution in [-0.4, -0.2) is 36.1 Å². The number of carboxylic acid groups (broad SMARTS) is 1. The number of carboxylic acids is 1. The standard InChI is InChI=1S/C15H21NO2/c1-3-13-6-8-14(9-7-13)10-12-16(2)11-4-5-15(17)18/h4-9H,3,10-12H2,1-2H3,(H,17,18)/b5-4+. The van der Waals surface area contributed by atoms with E-state index < -0.39 is 5.97 Å². The van der Waals surface area contributed by atoms with E-state index in [4.69, 9.17) is 5.11 Å². The highest BCUT2D eigenvalue weighted by atomic mass is 16.4. The van der Waals surface area contributed by atoms with Crippen molar-refractivity contribution in [3.05, 3.63) is 47.5 Å². The van der Waals surface area contributed by atoms with Crippen LogP contribution in [0.2, 0.25) is 0 Å². The van der Waals surface area contributed by atoms with Crippen molar-refractivity contribution in [3.63, 3.8) is 0 Å². The minimum Gasteiger partial charge on any atom is -0.478 e. The number of aliphatic carboxylic acids is 1. The van der Waals surface area contributed by atoms with Gasteiger partial charge in [-0.3, -0.25) is 0 Å². The second kappa shape index (κ2) is 7.67. The van der Waals surface area contributed by atoms with Crippen molar-refractivity contribution in [1.29, 1.82) is 0 Å². The summed E-state index contributed by atoms with van der Waals surface area (Å²) in [5, 5.41) is 8.48. The predicted molar refractivity (Wildman–Crippen MR) is 73.8 cm³/mol. The van der Waals surface area contributed by atoms with E-state index in [1.165, 1.54) is 17.2 Å². The molecule has 1 aromatic carbocycles. The van der Waals surface area contributed by atoms with Crippen LogP contribution in [0, 0.1) is 0 Å². The molecule has 0 aliphatic heterocycles. The number of likely N-dealkylation sites (N-methyl/N-ethyl adjacent to an activating group) is 1. The molecular weight excluding hydrogens is 226 g/mol. The summed E-state index contributed by atoms with van der Waals surface area (Å²) < 4.78 is 0. The fourth-order valence-corrected chi connectivity index (χ4v) is 1.69. The highest BCUT2D eigenvalue weighted by Gasteiger charge is 1.98. The second-order valence-corrected chi connectivity index (χ2v) is 4.42. The van der Waals surface area contributed by atoms with Gasteiger partial charge < -0.3 is 10.0 Å². The smallest absolute Gasteiger partial charge is 0.328 e. The summed E-state index contributed by atoms with van der Waals surface area (Å²) in [5.74, 6) is -0.890. The molecule has 1 rings (SSSR count). The van der Waals surface area contributed by atoms with Gasteiger partial charge in [0.05, 0.1) is 0 Å². The van der Waals surface area contributed by atoms with Gasteiger partial charge in [-0.1, -0.05) is 37.3 Å². The molecule has 0 spiro atoms. The third-order valence-electron chi connectivity index (χ3n) is 2.89. The first kappa shape index (κ1) is 14.5. The van der Waals surface area contributed by atoms with Crippen LogP contribution in [-0.2, 0) is 17.6 Å². The maximum Gasteiger partial charge on any atom is 0.328 e. The molecule has 0 atom stereocenters. The molecule has 0 amide bonds. The molecule has 3 heteroatoms. The summed E-state index contributed by atoms with van der Waals surface area (Å²) in [6, 6.07) is 8.67. The quantitative estimate of drug-likeness (QED) is 0.752. The summed E-state index contributed by atoms with van der Waals surface area (Å²) in [5.41, 5.74) is 2.68. The Morgan fingerprint density at radius 1 is 1.28 bits per heavy atom. The predicted octanol–water partition coefficient (Wildman–Crippen LogP) is 2.36. The first-order valence-electron chi connectivity index (χ1n) is 6.27. The largest absolute Gasteiger partial charge is 0.478 e. The van der Waals surface area contributed by atoms with Crippen LogP contribution in [0.3, 0.4) is 0 Å². The first-order valence-corrected chi connectivity index (χ1v) is 6.27. The number of hydrogen-bond donors (Lipinski definition) is 1. The molecular formula is C15H21NO2. The molecule has 0 aromatic heterocycles. The lowest BCUT2D eigenvalue weighted by Gasteiger charge is -2.14. The van der Waals surface area contributed by atoms with Crippen LogP contribution >= 0.6 is 0 Å². The zero-order valence-corrected chi connectivity index (χ0v) is 11.1. The van der Waals surface area contributed by atoms with Crippen LogP contribution in [0.4, 0.5) is 0 Å². The van der Waals surface area contributed by atoms with Crippen LogP contribution in [0.15, 0.2) is 36.4 Å². The van der Waals surface area contributed by atoms with Crippen molar-refractivity contribution in [2.45, 2.75) is 19.8 Å². The lowest BCUT2D eigenvalue weighted by Crippen LogP contribution is -2.21. The van der Waals surface area contributed by atoms with Gasteiger partial charge in [0.15, 0.2) is 0 Å². The van der Waals surface area contributed by atoms with Gasteiger partial charge in [-0.15, -0.1) is 0 Å². The molecule has 0 heterocycles. The van der Waals surface area contributed by atoms with E-state index in [0.29, 0.717) is 6.54 Å². The van der Waals surface area contributed by atoms with Gasteiger partial charge in [0.1, 0.15) is 0 Å². The molecule has 0 bridgehead atoms. The van der Waals surface area contributed by atoms with Crippen LogP contribution in [0.1, 0.15) is 18.1 Å². The minimum atomic E-state index is -0.890. The lowest BCUT2D eigenvalue weighted by molar-refractivity contribution is -0.131. The molecule has 1 N–H and O–H groups in total. The zero-order valence-electron chi connectivity index (χ0n) is 11.1. The number of nitrogens with zero attached hydrogens (tertiary/aromatic N) is 1. The second-order valence-electron chi connectivity index (χ2n) is 4.42. The molecule has 18 heavy (non-hydrogen) atoms. The Morgan fingerprint density at radius 2 is 1.89 bits per heavy atom. The van der Waals surface area contributed by atoms with E-state index in [2.05, 4.69) is 36.1 Å². The summed E-state index contributed by atoms with van der Waals surface area (Å²) in [6.45, 7) is 3.74. The number of aryl methyl sites for hydroxylation is 1. The molecule has 0 aliphatic carbocycles. The highest BCUT2D eigenvalue weighted by molar-refractivity contribution is 5.79. The number of hydrogen-bond acceptors (Lipinski definition) is 2. The summed E-state index contributed by atoms with van der Waals surface area (Å²) in [7, 11) is 1.99. The van der Waals surface area contributed by atoms with Crippen molar-refractivity contribution in [2.24, 2.45) is 0 Å². The number of rotatable bonds is 7. The Balaban J connectivity index is 2.32. The van der Waals surface area contributed by atoms with Crippen molar-refractivity contribution in [2.75, 3.05) is 20.1 Å². The van der Waals surface area contributed by atoms with Crippen LogP contribution in [0.25, 0.3) is 0 Å². The van der Waals surface area contributed by atoms with Crippen molar-refractivity contribution < 1.29 is 9.90 Å². The molecule has 0 fully saturated rings. The van der Waals surface area contributed by atoms with Crippen molar-refractivity contribution >= 4 is 5.97 Å². The molecule has 0 saturated carbocycles. The molecule has 3 nitrogen and oxygen atoms in total. The van der Waals surface area contributed by atoms with E-state index in [0.717, 1.165) is 19.4 Å². The average Bonchev–Trinajstić information content (AvgIpc) is 2.36. The third-order valence-corrected chi connectivity index (χ3v) is 2.89. The summed E-state index contributed by atoms with van der Waals surface area (Å²) >= 11 is 0. The van der Waals surface area contributed by atoms with Crippen LogP contribution < -0.4 is 0 Å². The van der Waals surface area contributed by atoms with E-state index in [1.807, 2.05) is 7.05 Å². The van der Waals surface area contributed by atoms with Gasteiger partial charge in [-0.25, -0.2) is 4.79 Å². The van der Waals surface area contributed by atoms with Gasteiger partial charge in [0.25, 0.3) is 0 Å². The molecule has 0 saturated heterocycles. The van der Waals surface area contributed by atoms with Crippen LogP contribution in [0.5, 0.6) is 0 Å². The number of carbonyl (C=O) groups is 1. The van der Waals surface area contributed by atoms with Crippen molar-refractivity contribution in [3.8, 4) is 0 Å². The number of benzene rings is 1. The molecule has 0 aliphatic rings. The molecule has 0 radical (unpaired) electrons. The maximum absolute atomic E-state index is 10.3. The topological polar surface area (TPSA) is 40.5 Å². The molecule has 0 unspecified atom stereocenters. The maximum atomic E-state index is 10.3. The minimum absolute atomic E-state index is 0.666.